The van der Waals surface area contributed by atoms with Gasteiger partial charge in [-0.05, 0) is 37.5 Å². The lowest BCUT2D eigenvalue weighted by atomic mass is 9.91. The summed E-state index contributed by atoms with van der Waals surface area (Å²) in [5, 5.41) is 37.4. The number of ether oxygens (including phenoxy) is 3. The quantitative estimate of drug-likeness (QED) is 0.0980. The maximum atomic E-state index is 12.0. The smallest absolute Gasteiger partial charge is 0.309 e. The van der Waals surface area contributed by atoms with Gasteiger partial charge in [-0.2, -0.15) is 0 Å². The van der Waals surface area contributed by atoms with Crippen molar-refractivity contribution in [2.45, 2.75) is 117 Å². The molecule has 0 aromatic heterocycles. The Morgan fingerprint density at radius 2 is 1.18 bits per heavy atom. The summed E-state index contributed by atoms with van der Waals surface area (Å²) < 4.78 is 15.3. The van der Waals surface area contributed by atoms with E-state index in [-0.39, 0.29) is 39.5 Å². The third kappa shape index (κ3) is 24.0. The van der Waals surface area contributed by atoms with Gasteiger partial charge in [-0.1, -0.05) is 84.3 Å². The highest BCUT2D eigenvalue weighted by molar-refractivity contribution is 5.71. The second-order valence-electron chi connectivity index (χ2n) is 11.5. The molecule has 0 saturated carbocycles. The number of hydrogen-bond donors (Lipinski definition) is 4. The first kappa shape index (κ1) is 37.0. The molecule has 0 amide bonds. The summed E-state index contributed by atoms with van der Waals surface area (Å²) in [4.78, 5) is 12.0. The second kappa shape index (κ2) is 23.8. The summed E-state index contributed by atoms with van der Waals surface area (Å²) in [7, 11) is 0. The number of esters is 1. The molecule has 8 nitrogen and oxygen atoms in total. The van der Waals surface area contributed by atoms with Crippen LogP contribution in [0.4, 0.5) is 0 Å². The van der Waals surface area contributed by atoms with Gasteiger partial charge >= 0.3 is 5.97 Å². The van der Waals surface area contributed by atoms with Crippen LogP contribution in [0.15, 0.2) is 11.6 Å². The minimum Gasteiger partial charge on any atom is -0.463 e. The number of aliphatic hydroxyl groups excluding tert-OH is 4. The Morgan fingerprint density at radius 3 is 1.71 bits per heavy atom. The highest BCUT2D eigenvalue weighted by Gasteiger charge is 2.12. The van der Waals surface area contributed by atoms with Crippen molar-refractivity contribution in [3.63, 3.8) is 0 Å². The van der Waals surface area contributed by atoms with E-state index >= 15 is 0 Å². The van der Waals surface area contributed by atoms with Gasteiger partial charge < -0.3 is 34.6 Å². The average molecular weight is 547 g/mol. The van der Waals surface area contributed by atoms with Gasteiger partial charge in [0.2, 0.25) is 0 Å². The Morgan fingerprint density at radius 1 is 0.711 bits per heavy atom. The average Bonchev–Trinajstić information content (AvgIpc) is 2.85. The van der Waals surface area contributed by atoms with E-state index in [0.717, 1.165) is 30.6 Å². The van der Waals surface area contributed by atoms with Gasteiger partial charge in [-0.25, -0.2) is 0 Å². The molecule has 226 valence electrons. The van der Waals surface area contributed by atoms with Crippen molar-refractivity contribution < 1.29 is 39.4 Å². The lowest BCUT2D eigenvalue weighted by molar-refractivity contribution is -0.147. The fourth-order valence-corrected chi connectivity index (χ4v) is 4.14. The molecule has 0 bridgehead atoms. The van der Waals surface area contributed by atoms with Crippen molar-refractivity contribution in [3.8, 4) is 0 Å². The van der Waals surface area contributed by atoms with Crippen molar-refractivity contribution in [2.24, 2.45) is 17.8 Å². The zero-order valence-corrected chi connectivity index (χ0v) is 24.8. The first-order valence-electron chi connectivity index (χ1n) is 14.6. The molecule has 0 spiro atoms. The van der Waals surface area contributed by atoms with Gasteiger partial charge in [-0.3, -0.25) is 4.79 Å². The first-order valence-corrected chi connectivity index (χ1v) is 14.6. The molecular weight excluding hydrogens is 488 g/mol. The first-order chi connectivity index (χ1) is 18.0. The Balaban J connectivity index is 3.83. The van der Waals surface area contributed by atoms with Crippen LogP contribution in [0.25, 0.3) is 0 Å². The van der Waals surface area contributed by atoms with Crippen LogP contribution in [-0.4, -0.2) is 84.3 Å². The zero-order chi connectivity index (χ0) is 28.8. The van der Waals surface area contributed by atoms with E-state index in [1.807, 2.05) is 13.0 Å². The molecule has 4 N–H and O–H groups in total. The number of hydrogen-bond acceptors (Lipinski definition) is 8. The van der Waals surface area contributed by atoms with Crippen LogP contribution in [0.2, 0.25) is 0 Å². The van der Waals surface area contributed by atoms with Gasteiger partial charge in [0.15, 0.2) is 0 Å². The predicted octanol–water partition coefficient (Wildman–Crippen LogP) is 4.41. The van der Waals surface area contributed by atoms with E-state index in [4.69, 9.17) is 24.4 Å². The molecule has 0 aromatic rings. The maximum absolute atomic E-state index is 12.0. The molecule has 0 fully saturated rings. The summed E-state index contributed by atoms with van der Waals surface area (Å²) in [5.41, 5.74) is 1.18. The summed E-state index contributed by atoms with van der Waals surface area (Å²) in [5.74, 6) is 1.98. The number of carbonyl (C=O) groups excluding carboxylic acids is 1. The Bertz CT molecular complexity index is 595. The van der Waals surface area contributed by atoms with E-state index in [9.17, 15) is 15.0 Å². The fraction of sp³-hybridized carbons (Fsp3) is 0.900. The van der Waals surface area contributed by atoms with E-state index in [1.54, 1.807) is 0 Å². The van der Waals surface area contributed by atoms with Crippen molar-refractivity contribution in [3.05, 3.63) is 11.6 Å². The summed E-state index contributed by atoms with van der Waals surface area (Å²) in [6.45, 7) is 10.5. The van der Waals surface area contributed by atoms with Crippen LogP contribution in [0.5, 0.6) is 0 Å². The van der Waals surface area contributed by atoms with Crippen molar-refractivity contribution in [1.82, 2.24) is 0 Å². The van der Waals surface area contributed by atoms with Crippen molar-refractivity contribution in [1.29, 1.82) is 0 Å². The second-order valence-corrected chi connectivity index (χ2v) is 11.5. The van der Waals surface area contributed by atoms with E-state index in [2.05, 4.69) is 27.7 Å². The molecule has 0 aliphatic carbocycles. The van der Waals surface area contributed by atoms with Crippen LogP contribution in [-0.2, 0) is 19.0 Å². The molecule has 0 radical (unpaired) electrons. The van der Waals surface area contributed by atoms with Crippen LogP contribution in [0.1, 0.15) is 98.8 Å². The summed E-state index contributed by atoms with van der Waals surface area (Å²) in [6, 6.07) is 0. The predicted molar refractivity (Wildman–Crippen MR) is 151 cm³/mol. The number of allylic oxidation sites excluding steroid dienone is 1. The fourth-order valence-electron chi connectivity index (χ4n) is 4.14. The Labute approximate surface area is 231 Å². The van der Waals surface area contributed by atoms with Crippen LogP contribution < -0.4 is 0 Å². The third-order valence-corrected chi connectivity index (χ3v) is 6.65. The van der Waals surface area contributed by atoms with Gasteiger partial charge in [0, 0.05) is 0 Å². The van der Waals surface area contributed by atoms with E-state index in [0.29, 0.717) is 0 Å². The topological polar surface area (TPSA) is 126 Å². The van der Waals surface area contributed by atoms with Crippen LogP contribution >= 0.6 is 0 Å². The Kier molecular flexibility index (Phi) is 23.2. The molecule has 0 heterocycles. The molecule has 0 saturated heterocycles. The molecule has 0 aromatic carbocycles. The summed E-state index contributed by atoms with van der Waals surface area (Å²) >= 11 is 0. The monoisotopic (exact) mass is 546 g/mol. The summed E-state index contributed by atoms with van der Waals surface area (Å²) in [6.07, 6.45) is 10.5. The largest absolute Gasteiger partial charge is 0.463 e. The maximum Gasteiger partial charge on any atom is 0.309 e. The van der Waals surface area contributed by atoms with Crippen molar-refractivity contribution in [2.75, 3.05) is 39.6 Å². The third-order valence-electron chi connectivity index (χ3n) is 6.65. The molecule has 8 heteroatoms. The lowest BCUT2D eigenvalue weighted by Gasteiger charge is -2.15. The molecule has 38 heavy (non-hydrogen) atoms. The van der Waals surface area contributed by atoms with Crippen molar-refractivity contribution >= 4 is 5.97 Å². The minimum absolute atomic E-state index is 0.0648. The number of carbonyl (C=O) groups is 1. The van der Waals surface area contributed by atoms with Gasteiger partial charge in [-0.15, -0.1) is 0 Å². The zero-order valence-electron chi connectivity index (χ0n) is 24.8. The van der Waals surface area contributed by atoms with Gasteiger partial charge in [0.1, 0.15) is 24.9 Å². The minimum atomic E-state index is -0.988. The molecule has 0 aliphatic rings. The Hall–Kier alpha value is -1.03. The molecule has 5 unspecified atom stereocenters. The van der Waals surface area contributed by atoms with E-state index < -0.39 is 30.9 Å². The molecular formula is C30H58O8. The number of aliphatic hydroxyl groups is 4. The number of rotatable bonds is 25. The van der Waals surface area contributed by atoms with Crippen LogP contribution in [0.3, 0.4) is 0 Å². The normalized spacial score (nSPS) is 16.3. The highest BCUT2D eigenvalue weighted by Crippen LogP contribution is 2.22. The van der Waals surface area contributed by atoms with Crippen LogP contribution in [0, 0.1) is 17.8 Å². The SMILES string of the molecule is C/C(=C\CC(=O)OCC(O)COCC(O)COCC(O)CO)CCCC(C)CCCC(C)CCCC(C)C. The van der Waals surface area contributed by atoms with Gasteiger partial charge in [0.05, 0.1) is 39.5 Å². The molecule has 0 aliphatic heterocycles. The molecule has 5 atom stereocenters. The standard InChI is InChI=1S/C30H58O8/c1-23(2)9-6-10-24(3)11-7-12-25(4)13-8-14-26(5)15-16-30(35)38-22-29(34)21-37-20-28(33)19-36-18-27(32)17-31/h15,23-25,27-29,31-34H,6-14,16-22H2,1-5H3/b26-15+. The van der Waals surface area contributed by atoms with Gasteiger partial charge in [0.25, 0.3) is 0 Å². The lowest BCUT2D eigenvalue weighted by Crippen LogP contribution is -2.29. The highest BCUT2D eigenvalue weighted by atomic mass is 16.6. The van der Waals surface area contributed by atoms with E-state index in [1.165, 1.54) is 50.5 Å². The molecule has 0 rings (SSSR count).